The summed E-state index contributed by atoms with van der Waals surface area (Å²) in [4.78, 5) is 0. The summed E-state index contributed by atoms with van der Waals surface area (Å²) in [6, 6.07) is 5.97. The van der Waals surface area contributed by atoms with E-state index >= 15 is 0 Å². The molecular formula is C12H17NO2. The van der Waals surface area contributed by atoms with Crippen molar-refractivity contribution in [3.63, 3.8) is 0 Å². The average molecular weight is 207 g/mol. The third-order valence-corrected chi connectivity index (χ3v) is 2.34. The third-order valence-electron chi connectivity index (χ3n) is 2.34. The summed E-state index contributed by atoms with van der Waals surface area (Å²) >= 11 is 0. The Morgan fingerprint density at radius 2 is 2.07 bits per heavy atom. The van der Waals surface area contributed by atoms with Crippen molar-refractivity contribution in [2.75, 3.05) is 14.2 Å². The zero-order valence-corrected chi connectivity index (χ0v) is 9.46. The van der Waals surface area contributed by atoms with Crippen LogP contribution in [-0.4, -0.2) is 20.1 Å². The van der Waals surface area contributed by atoms with E-state index in [1.165, 1.54) is 12.7 Å². The molecule has 0 radical (unpaired) electrons. The van der Waals surface area contributed by atoms with Crippen molar-refractivity contribution in [1.82, 2.24) is 0 Å². The first-order valence-electron chi connectivity index (χ1n) is 4.98. The zero-order valence-electron chi connectivity index (χ0n) is 9.46. The molecule has 0 saturated carbocycles. The van der Waals surface area contributed by atoms with E-state index in [0.29, 0.717) is 6.42 Å². The van der Waals surface area contributed by atoms with Crippen LogP contribution in [0, 0.1) is 5.41 Å². The SMILES string of the molecule is CCc1cc(CC(=N)OC)ccc1OC. The van der Waals surface area contributed by atoms with Gasteiger partial charge in [0, 0.05) is 6.42 Å². The number of aryl methyl sites for hydroxylation is 1. The summed E-state index contributed by atoms with van der Waals surface area (Å²) in [5.74, 6) is 1.19. The van der Waals surface area contributed by atoms with Gasteiger partial charge in [-0.05, 0) is 23.6 Å². The molecule has 0 fully saturated rings. The lowest BCUT2D eigenvalue weighted by atomic mass is 10.1. The minimum atomic E-state index is 0.280. The third kappa shape index (κ3) is 2.98. The number of nitrogens with one attached hydrogen (secondary N) is 1. The quantitative estimate of drug-likeness (QED) is 0.608. The van der Waals surface area contributed by atoms with Gasteiger partial charge in [-0.15, -0.1) is 0 Å². The molecule has 3 heteroatoms. The zero-order chi connectivity index (χ0) is 11.3. The van der Waals surface area contributed by atoms with Crippen LogP contribution in [0.25, 0.3) is 0 Å². The van der Waals surface area contributed by atoms with E-state index in [1.807, 2.05) is 12.1 Å². The summed E-state index contributed by atoms with van der Waals surface area (Å²) in [5, 5.41) is 7.45. The number of ether oxygens (including phenoxy) is 2. The number of hydrogen-bond acceptors (Lipinski definition) is 3. The number of benzene rings is 1. The molecule has 0 atom stereocenters. The average Bonchev–Trinajstić information content (AvgIpc) is 2.28. The Morgan fingerprint density at radius 1 is 1.33 bits per heavy atom. The molecule has 0 unspecified atom stereocenters. The molecule has 3 nitrogen and oxygen atoms in total. The van der Waals surface area contributed by atoms with Crippen LogP contribution in [0.5, 0.6) is 5.75 Å². The van der Waals surface area contributed by atoms with Crippen LogP contribution in [0.4, 0.5) is 0 Å². The van der Waals surface area contributed by atoms with Crippen molar-refractivity contribution >= 4 is 5.90 Å². The van der Waals surface area contributed by atoms with E-state index in [1.54, 1.807) is 7.11 Å². The van der Waals surface area contributed by atoms with Gasteiger partial charge in [0.25, 0.3) is 0 Å². The maximum Gasteiger partial charge on any atom is 0.184 e. The molecule has 0 heterocycles. The van der Waals surface area contributed by atoms with Crippen LogP contribution in [0.15, 0.2) is 18.2 Å². The standard InChI is InChI=1S/C12H17NO2/c1-4-10-7-9(8-12(13)15-3)5-6-11(10)14-2/h5-7,13H,4,8H2,1-3H3. The molecule has 0 aliphatic rings. The first kappa shape index (κ1) is 11.6. The molecule has 1 N–H and O–H groups in total. The van der Waals surface area contributed by atoms with Crippen LogP contribution < -0.4 is 4.74 Å². The minimum absolute atomic E-state index is 0.280. The van der Waals surface area contributed by atoms with Gasteiger partial charge in [-0.1, -0.05) is 19.1 Å². The monoisotopic (exact) mass is 207 g/mol. The molecular weight excluding hydrogens is 190 g/mol. The predicted octanol–water partition coefficient (Wildman–Crippen LogP) is 2.42. The molecule has 0 spiro atoms. The van der Waals surface area contributed by atoms with Crippen LogP contribution in [0.3, 0.4) is 0 Å². The molecule has 0 aliphatic heterocycles. The Hall–Kier alpha value is -1.51. The lowest BCUT2D eigenvalue weighted by molar-refractivity contribution is 0.390. The summed E-state index contributed by atoms with van der Waals surface area (Å²) in [6.45, 7) is 2.09. The molecule has 0 bridgehead atoms. The Kier molecular flexibility index (Phi) is 4.16. The predicted molar refractivity (Wildman–Crippen MR) is 60.8 cm³/mol. The Morgan fingerprint density at radius 3 is 2.60 bits per heavy atom. The molecule has 1 rings (SSSR count). The minimum Gasteiger partial charge on any atom is -0.496 e. The molecule has 82 valence electrons. The van der Waals surface area contributed by atoms with Gasteiger partial charge in [-0.25, -0.2) is 0 Å². The van der Waals surface area contributed by atoms with Crippen LogP contribution in [0.2, 0.25) is 0 Å². The normalized spacial score (nSPS) is 9.80. The van der Waals surface area contributed by atoms with Gasteiger partial charge in [0.2, 0.25) is 0 Å². The van der Waals surface area contributed by atoms with E-state index in [2.05, 4.69) is 13.0 Å². The second kappa shape index (κ2) is 5.39. The highest BCUT2D eigenvalue weighted by molar-refractivity contribution is 5.75. The van der Waals surface area contributed by atoms with Gasteiger partial charge in [0.1, 0.15) is 5.75 Å². The van der Waals surface area contributed by atoms with Gasteiger partial charge >= 0.3 is 0 Å². The van der Waals surface area contributed by atoms with Crippen molar-refractivity contribution in [1.29, 1.82) is 5.41 Å². The lowest BCUT2D eigenvalue weighted by Gasteiger charge is -2.09. The van der Waals surface area contributed by atoms with E-state index in [4.69, 9.17) is 14.9 Å². The topological polar surface area (TPSA) is 42.3 Å². The largest absolute Gasteiger partial charge is 0.496 e. The van der Waals surface area contributed by atoms with Crippen LogP contribution in [0.1, 0.15) is 18.1 Å². The van der Waals surface area contributed by atoms with Crippen molar-refractivity contribution < 1.29 is 9.47 Å². The van der Waals surface area contributed by atoms with Gasteiger partial charge in [0.15, 0.2) is 5.90 Å². The maximum atomic E-state index is 7.45. The lowest BCUT2D eigenvalue weighted by Crippen LogP contribution is -2.04. The fourth-order valence-electron chi connectivity index (χ4n) is 1.48. The maximum absolute atomic E-state index is 7.45. The second-order valence-electron chi connectivity index (χ2n) is 3.30. The highest BCUT2D eigenvalue weighted by Crippen LogP contribution is 2.20. The Bertz CT molecular complexity index is 347. The molecule has 0 aromatic heterocycles. The van der Waals surface area contributed by atoms with Crippen molar-refractivity contribution in [2.45, 2.75) is 19.8 Å². The van der Waals surface area contributed by atoms with Gasteiger partial charge < -0.3 is 9.47 Å². The fraction of sp³-hybridized carbons (Fsp3) is 0.417. The molecule has 1 aromatic rings. The van der Waals surface area contributed by atoms with Crippen molar-refractivity contribution in [3.05, 3.63) is 29.3 Å². The van der Waals surface area contributed by atoms with Crippen LogP contribution >= 0.6 is 0 Å². The van der Waals surface area contributed by atoms with Gasteiger partial charge in [-0.3, -0.25) is 5.41 Å². The number of rotatable bonds is 4. The fourth-order valence-corrected chi connectivity index (χ4v) is 1.48. The van der Waals surface area contributed by atoms with E-state index in [0.717, 1.165) is 17.7 Å². The highest BCUT2D eigenvalue weighted by atomic mass is 16.5. The summed E-state index contributed by atoms with van der Waals surface area (Å²) in [7, 11) is 3.19. The van der Waals surface area contributed by atoms with Gasteiger partial charge in [0.05, 0.1) is 14.2 Å². The first-order valence-corrected chi connectivity index (χ1v) is 4.98. The Balaban J connectivity index is 2.88. The first-order chi connectivity index (χ1) is 7.21. The molecule has 15 heavy (non-hydrogen) atoms. The highest BCUT2D eigenvalue weighted by Gasteiger charge is 2.04. The van der Waals surface area contributed by atoms with Crippen molar-refractivity contribution in [2.24, 2.45) is 0 Å². The second-order valence-corrected chi connectivity index (χ2v) is 3.30. The van der Waals surface area contributed by atoms with E-state index < -0.39 is 0 Å². The van der Waals surface area contributed by atoms with Crippen molar-refractivity contribution in [3.8, 4) is 5.75 Å². The summed E-state index contributed by atoms with van der Waals surface area (Å²) in [6.07, 6.45) is 1.46. The van der Waals surface area contributed by atoms with Crippen LogP contribution in [-0.2, 0) is 17.6 Å². The molecule has 0 amide bonds. The summed E-state index contributed by atoms with van der Waals surface area (Å²) in [5.41, 5.74) is 2.25. The molecule has 1 aromatic carbocycles. The smallest absolute Gasteiger partial charge is 0.184 e. The van der Waals surface area contributed by atoms with E-state index in [9.17, 15) is 0 Å². The number of methoxy groups -OCH3 is 2. The molecule has 0 saturated heterocycles. The van der Waals surface area contributed by atoms with E-state index in [-0.39, 0.29) is 5.90 Å². The number of hydrogen-bond donors (Lipinski definition) is 1. The Labute approximate surface area is 90.5 Å². The molecule has 0 aliphatic carbocycles. The van der Waals surface area contributed by atoms with Gasteiger partial charge in [-0.2, -0.15) is 0 Å². The summed E-state index contributed by atoms with van der Waals surface area (Å²) < 4.78 is 10.1.